The van der Waals surface area contributed by atoms with Crippen molar-refractivity contribution in [2.45, 2.75) is 13.2 Å². The molecule has 0 unspecified atom stereocenters. The van der Waals surface area contributed by atoms with E-state index >= 15 is 0 Å². The van der Waals surface area contributed by atoms with E-state index < -0.39 is 12.6 Å². The molecular weight excluding hydrogens is 314 g/mol. The van der Waals surface area contributed by atoms with Gasteiger partial charge in [0.25, 0.3) is 0 Å². The van der Waals surface area contributed by atoms with Gasteiger partial charge < -0.3 is 15.4 Å². The quantitative estimate of drug-likeness (QED) is 0.862. The Morgan fingerprint density at radius 1 is 1.18 bits per heavy atom. The number of anilines is 1. The topological polar surface area (TPSA) is 50.4 Å². The number of alkyl halides is 2. The molecule has 7 heteroatoms. The van der Waals surface area contributed by atoms with E-state index in [4.69, 9.17) is 11.6 Å². The van der Waals surface area contributed by atoms with Crippen molar-refractivity contribution in [3.8, 4) is 5.75 Å². The van der Waals surface area contributed by atoms with Crippen molar-refractivity contribution in [2.24, 2.45) is 0 Å². The average molecular weight is 327 g/mol. The van der Waals surface area contributed by atoms with Crippen molar-refractivity contribution >= 4 is 23.3 Å². The van der Waals surface area contributed by atoms with Gasteiger partial charge in [-0.15, -0.1) is 0 Å². The van der Waals surface area contributed by atoms with Crippen LogP contribution in [0.15, 0.2) is 48.5 Å². The minimum Gasteiger partial charge on any atom is -0.435 e. The van der Waals surface area contributed by atoms with Gasteiger partial charge in [-0.25, -0.2) is 4.79 Å². The first-order chi connectivity index (χ1) is 10.5. The summed E-state index contributed by atoms with van der Waals surface area (Å²) in [4.78, 5) is 11.7. The second kappa shape index (κ2) is 7.61. The van der Waals surface area contributed by atoms with E-state index in [1.165, 1.54) is 18.2 Å². The predicted molar refractivity (Wildman–Crippen MR) is 80.4 cm³/mol. The molecule has 0 aliphatic heterocycles. The van der Waals surface area contributed by atoms with Gasteiger partial charge in [0.15, 0.2) is 0 Å². The summed E-state index contributed by atoms with van der Waals surface area (Å²) in [6.07, 6.45) is 0. The Balaban J connectivity index is 1.87. The zero-order valence-electron chi connectivity index (χ0n) is 11.4. The van der Waals surface area contributed by atoms with Crippen LogP contribution in [0.2, 0.25) is 5.02 Å². The van der Waals surface area contributed by atoms with Gasteiger partial charge in [-0.2, -0.15) is 8.78 Å². The Morgan fingerprint density at radius 2 is 1.91 bits per heavy atom. The van der Waals surface area contributed by atoms with Crippen LogP contribution in [-0.2, 0) is 6.54 Å². The van der Waals surface area contributed by atoms with Crippen molar-refractivity contribution in [2.75, 3.05) is 5.32 Å². The fourth-order valence-electron chi connectivity index (χ4n) is 1.71. The van der Waals surface area contributed by atoms with Crippen LogP contribution >= 0.6 is 11.6 Å². The highest BCUT2D eigenvalue weighted by atomic mass is 35.5. The second-order valence-corrected chi connectivity index (χ2v) is 4.78. The van der Waals surface area contributed by atoms with Crippen molar-refractivity contribution in [3.05, 3.63) is 59.1 Å². The molecule has 0 atom stereocenters. The van der Waals surface area contributed by atoms with Crippen molar-refractivity contribution in [3.63, 3.8) is 0 Å². The van der Waals surface area contributed by atoms with Gasteiger partial charge in [0, 0.05) is 23.3 Å². The van der Waals surface area contributed by atoms with Crippen LogP contribution in [0.3, 0.4) is 0 Å². The van der Waals surface area contributed by atoms with E-state index in [0.717, 1.165) is 5.56 Å². The van der Waals surface area contributed by atoms with Crippen LogP contribution in [0.25, 0.3) is 0 Å². The fraction of sp³-hybridized carbons (Fsp3) is 0.133. The van der Waals surface area contributed by atoms with Crippen LogP contribution < -0.4 is 15.4 Å². The van der Waals surface area contributed by atoms with Gasteiger partial charge in [-0.1, -0.05) is 29.8 Å². The summed E-state index contributed by atoms with van der Waals surface area (Å²) < 4.78 is 28.5. The standard InChI is InChI=1S/C15H13ClF2N2O2/c16-11-6-4-10(5-7-11)9-19-15(21)20-12-2-1-3-13(8-12)22-14(17)18/h1-8,14H,9H2,(H2,19,20,21). The average Bonchev–Trinajstić information content (AvgIpc) is 2.46. The third-order valence-electron chi connectivity index (χ3n) is 2.68. The number of rotatable bonds is 5. The van der Waals surface area contributed by atoms with E-state index in [9.17, 15) is 13.6 Å². The lowest BCUT2D eigenvalue weighted by Crippen LogP contribution is -2.28. The summed E-state index contributed by atoms with van der Waals surface area (Å²) in [5.41, 5.74) is 1.24. The molecule has 2 aromatic carbocycles. The molecule has 0 bridgehead atoms. The largest absolute Gasteiger partial charge is 0.435 e. The first kappa shape index (κ1) is 16.0. The van der Waals surface area contributed by atoms with Gasteiger partial charge in [0.05, 0.1) is 0 Å². The van der Waals surface area contributed by atoms with Gasteiger partial charge >= 0.3 is 12.6 Å². The lowest BCUT2D eigenvalue weighted by molar-refractivity contribution is -0.0497. The zero-order chi connectivity index (χ0) is 15.9. The maximum Gasteiger partial charge on any atom is 0.387 e. The summed E-state index contributed by atoms with van der Waals surface area (Å²) in [7, 11) is 0. The molecule has 22 heavy (non-hydrogen) atoms. The molecule has 0 saturated heterocycles. The van der Waals surface area contributed by atoms with Crippen LogP contribution in [0.5, 0.6) is 5.75 Å². The summed E-state index contributed by atoms with van der Waals surface area (Å²) in [5.74, 6) is -0.0227. The van der Waals surface area contributed by atoms with Crippen LogP contribution in [0, 0.1) is 0 Å². The molecule has 0 fully saturated rings. The number of hydrogen-bond acceptors (Lipinski definition) is 2. The molecule has 0 aliphatic rings. The van der Waals surface area contributed by atoms with Crippen LogP contribution in [0.1, 0.15) is 5.56 Å². The SMILES string of the molecule is O=C(NCc1ccc(Cl)cc1)Nc1cccc(OC(F)F)c1. The number of carbonyl (C=O) groups excluding carboxylic acids is 1. The number of urea groups is 1. The molecule has 2 aromatic rings. The zero-order valence-corrected chi connectivity index (χ0v) is 12.1. The highest BCUT2D eigenvalue weighted by Crippen LogP contribution is 2.19. The first-order valence-electron chi connectivity index (χ1n) is 6.37. The molecule has 4 nitrogen and oxygen atoms in total. The predicted octanol–water partition coefficient (Wildman–Crippen LogP) is 4.26. The number of nitrogens with one attached hydrogen (secondary N) is 2. The lowest BCUT2D eigenvalue weighted by Gasteiger charge is -2.09. The maximum absolute atomic E-state index is 12.1. The molecule has 0 saturated carbocycles. The Bertz CT molecular complexity index is 636. The second-order valence-electron chi connectivity index (χ2n) is 4.34. The van der Waals surface area contributed by atoms with E-state index in [1.54, 1.807) is 30.3 Å². The number of ether oxygens (including phenoxy) is 1. The summed E-state index contributed by atoms with van der Waals surface area (Å²) >= 11 is 5.77. The summed E-state index contributed by atoms with van der Waals surface area (Å²) in [5, 5.41) is 5.80. The third-order valence-corrected chi connectivity index (χ3v) is 2.94. The van der Waals surface area contributed by atoms with Gasteiger partial charge in [-0.05, 0) is 29.8 Å². The molecule has 0 heterocycles. The Morgan fingerprint density at radius 3 is 2.59 bits per heavy atom. The van der Waals surface area contributed by atoms with Crippen molar-refractivity contribution in [1.82, 2.24) is 5.32 Å². The number of halogens is 3. The van der Waals surface area contributed by atoms with Gasteiger partial charge in [0.1, 0.15) is 5.75 Å². The normalized spacial score (nSPS) is 10.4. The third kappa shape index (κ3) is 5.21. The van der Waals surface area contributed by atoms with E-state index in [2.05, 4.69) is 15.4 Å². The molecule has 0 radical (unpaired) electrons. The molecule has 2 amide bonds. The first-order valence-corrected chi connectivity index (χ1v) is 6.75. The van der Waals surface area contributed by atoms with Crippen LogP contribution in [-0.4, -0.2) is 12.6 Å². The van der Waals surface area contributed by atoms with Crippen LogP contribution in [0.4, 0.5) is 19.3 Å². The maximum atomic E-state index is 12.1. The number of amides is 2. The van der Waals surface area contributed by atoms with E-state index in [0.29, 0.717) is 17.3 Å². The van der Waals surface area contributed by atoms with Gasteiger partial charge in [0.2, 0.25) is 0 Å². The van der Waals surface area contributed by atoms with Crippen molar-refractivity contribution < 1.29 is 18.3 Å². The summed E-state index contributed by atoms with van der Waals surface area (Å²) in [6, 6.07) is 12.3. The van der Waals surface area contributed by atoms with Gasteiger partial charge in [-0.3, -0.25) is 0 Å². The number of carbonyl (C=O) groups is 1. The Labute approximate surface area is 131 Å². The summed E-state index contributed by atoms with van der Waals surface area (Å²) in [6.45, 7) is -2.59. The molecule has 2 rings (SSSR count). The van der Waals surface area contributed by atoms with E-state index in [-0.39, 0.29) is 5.75 Å². The minimum absolute atomic E-state index is 0.0227. The molecule has 2 N–H and O–H groups in total. The highest BCUT2D eigenvalue weighted by molar-refractivity contribution is 6.30. The highest BCUT2D eigenvalue weighted by Gasteiger charge is 2.06. The number of benzene rings is 2. The van der Waals surface area contributed by atoms with Crippen molar-refractivity contribution in [1.29, 1.82) is 0 Å². The number of hydrogen-bond donors (Lipinski definition) is 2. The Kier molecular flexibility index (Phi) is 5.55. The fourth-order valence-corrected chi connectivity index (χ4v) is 1.84. The molecule has 0 aliphatic carbocycles. The lowest BCUT2D eigenvalue weighted by atomic mass is 10.2. The Hall–Kier alpha value is -2.34. The molecule has 0 spiro atoms. The monoisotopic (exact) mass is 326 g/mol. The minimum atomic E-state index is -2.91. The molecular formula is C15H13ClF2N2O2. The van der Waals surface area contributed by atoms with E-state index in [1.807, 2.05) is 0 Å². The molecule has 0 aromatic heterocycles. The molecule has 116 valence electrons. The smallest absolute Gasteiger partial charge is 0.387 e.